The molecular formula is C16H24N2O2. The molecule has 110 valence electrons. The normalized spacial score (nSPS) is 17.6. The van der Waals surface area contributed by atoms with Crippen LogP contribution in [-0.4, -0.2) is 32.2 Å². The van der Waals surface area contributed by atoms with Crippen molar-refractivity contribution in [3.05, 3.63) is 35.9 Å². The molecule has 0 bridgehead atoms. The minimum Gasteiger partial charge on any atom is -0.381 e. The summed E-state index contributed by atoms with van der Waals surface area (Å²) in [6.07, 6.45) is 2.77. The van der Waals surface area contributed by atoms with E-state index in [2.05, 4.69) is 5.32 Å². The molecule has 1 heterocycles. The third kappa shape index (κ3) is 4.62. The number of nitrogens with two attached hydrogens (primary N) is 1. The van der Waals surface area contributed by atoms with Crippen molar-refractivity contribution in [2.24, 2.45) is 17.6 Å². The molecule has 0 spiro atoms. The topological polar surface area (TPSA) is 64.4 Å². The van der Waals surface area contributed by atoms with Crippen LogP contribution in [0.2, 0.25) is 0 Å². The van der Waals surface area contributed by atoms with Gasteiger partial charge in [-0.25, -0.2) is 0 Å². The Kier molecular flexibility index (Phi) is 6.02. The molecule has 0 aromatic heterocycles. The van der Waals surface area contributed by atoms with Crippen molar-refractivity contribution in [3.8, 4) is 0 Å². The fourth-order valence-electron chi connectivity index (χ4n) is 2.52. The van der Waals surface area contributed by atoms with Crippen LogP contribution in [0.15, 0.2) is 30.3 Å². The van der Waals surface area contributed by atoms with Crippen LogP contribution in [0.4, 0.5) is 0 Å². The molecule has 20 heavy (non-hydrogen) atoms. The second-order valence-corrected chi connectivity index (χ2v) is 5.42. The zero-order valence-electron chi connectivity index (χ0n) is 11.9. The monoisotopic (exact) mass is 276 g/mol. The maximum Gasteiger partial charge on any atom is 0.224 e. The Labute approximate surface area is 120 Å². The van der Waals surface area contributed by atoms with Gasteiger partial charge in [-0.2, -0.15) is 0 Å². The third-order valence-corrected chi connectivity index (χ3v) is 3.89. The zero-order valence-corrected chi connectivity index (χ0v) is 11.9. The Morgan fingerprint density at radius 2 is 2.00 bits per heavy atom. The van der Waals surface area contributed by atoms with Crippen molar-refractivity contribution in [1.29, 1.82) is 0 Å². The van der Waals surface area contributed by atoms with Crippen molar-refractivity contribution in [3.63, 3.8) is 0 Å². The first-order valence-electron chi connectivity index (χ1n) is 7.39. The standard InChI is InChI=1S/C16H24N2O2/c17-11-15(10-13-4-2-1-3-5-13)16(19)18-12-14-6-8-20-9-7-14/h1-5,14-15H,6-12,17H2,(H,18,19). The van der Waals surface area contributed by atoms with Crippen molar-refractivity contribution >= 4 is 5.91 Å². The Hall–Kier alpha value is -1.39. The quantitative estimate of drug-likeness (QED) is 0.824. The number of ether oxygens (including phenoxy) is 1. The number of benzene rings is 1. The summed E-state index contributed by atoms with van der Waals surface area (Å²) in [5, 5.41) is 3.05. The average Bonchev–Trinajstić information content (AvgIpc) is 2.52. The highest BCUT2D eigenvalue weighted by molar-refractivity contribution is 5.79. The van der Waals surface area contributed by atoms with E-state index in [1.165, 1.54) is 0 Å². The molecule has 1 aromatic carbocycles. The summed E-state index contributed by atoms with van der Waals surface area (Å²) in [4.78, 5) is 12.2. The van der Waals surface area contributed by atoms with E-state index < -0.39 is 0 Å². The molecule has 1 aliphatic heterocycles. The van der Waals surface area contributed by atoms with Gasteiger partial charge in [0.2, 0.25) is 5.91 Å². The lowest BCUT2D eigenvalue weighted by Crippen LogP contribution is -2.39. The van der Waals surface area contributed by atoms with Crippen LogP contribution in [0.25, 0.3) is 0 Å². The summed E-state index contributed by atoms with van der Waals surface area (Å²) in [6, 6.07) is 10.0. The van der Waals surface area contributed by atoms with Crippen molar-refractivity contribution in [2.75, 3.05) is 26.3 Å². The fourth-order valence-corrected chi connectivity index (χ4v) is 2.52. The Morgan fingerprint density at radius 3 is 2.65 bits per heavy atom. The SMILES string of the molecule is NCC(Cc1ccccc1)C(=O)NCC1CCOCC1. The summed E-state index contributed by atoms with van der Waals surface area (Å²) in [5.74, 6) is 0.475. The zero-order chi connectivity index (χ0) is 14.2. The summed E-state index contributed by atoms with van der Waals surface area (Å²) in [5.41, 5.74) is 6.91. The Morgan fingerprint density at radius 1 is 1.30 bits per heavy atom. The number of carbonyl (C=O) groups is 1. The van der Waals surface area contributed by atoms with Crippen LogP contribution in [0, 0.1) is 11.8 Å². The van der Waals surface area contributed by atoms with E-state index in [0.717, 1.165) is 38.2 Å². The van der Waals surface area contributed by atoms with E-state index in [1.54, 1.807) is 0 Å². The second-order valence-electron chi connectivity index (χ2n) is 5.42. The van der Waals surface area contributed by atoms with Crippen LogP contribution in [0.5, 0.6) is 0 Å². The van der Waals surface area contributed by atoms with Gasteiger partial charge < -0.3 is 15.8 Å². The van der Waals surface area contributed by atoms with Gasteiger partial charge in [0, 0.05) is 26.3 Å². The molecular weight excluding hydrogens is 252 g/mol. The molecule has 1 aromatic rings. The van der Waals surface area contributed by atoms with Crippen molar-refractivity contribution in [1.82, 2.24) is 5.32 Å². The highest BCUT2D eigenvalue weighted by Gasteiger charge is 2.19. The highest BCUT2D eigenvalue weighted by atomic mass is 16.5. The number of rotatable bonds is 6. The van der Waals surface area contributed by atoms with Gasteiger partial charge in [-0.15, -0.1) is 0 Å². The van der Waals surface area contributed by atoms with Gasteiger partial charge in [0.25, 0.3) is 0 Å². The molecule has 0 radical (unpaired) electrons. The number of hydrogen-bond donors (Lipinski definition) is 2. The minimum atomic E-state index is -0.141. The molecule has 1 amide bonds. The van der Waals surface area contributed by atoms with Gasteiger partial charge in [-0.1, -0.05) is 30.3 Å². The van der Waals surface area contributed by atoms with E-state index in [4.69, 9.17) is 10.5 Å². The molecule has 0 saturated carbocycles. The van der Waals surface area contributed by atoms with Gasteiger partial charge in [0.1, 0.15) is 0 Å². The predicted octanol–water partition coefficient (Wildman–Crippen LogP) is 1.35. The molecule has 4 heteroatoms. The summed E-state index contributed by atoms with van der Waals surface area (Å²) < 4.78 is 5.32. The number of carbonyl (C=O) groups excluding carboxylic acids is 1. The second kappa shape index (κ2) is 8.02. The molecule has 0 aliphatic carbocycles. The van der Waals surface area contributed by atoms with Crippen LogP contribution >= 0.6 is 0 Å². The van der Waals surface area contributed by atoms with E-state index >= 15 is 0 Å². The van der Waals surface area contributed by atoms with Crippen molar-refractivity contribution < 1.29 is 9.53 Å². The van der Waals surface area contributed by atoms with Gasteiger partial charge in [-0.3, -0.25) is 4.79 Å². The van der Waals surface area contributed by atoms with Crippen molar-refractivity contribution in [2.45, 2.75) is 19.3 Å². The van der Waals surface area contributed by atoms with Crippen LogP contribution < -0.4 is 11.1 Å². The van der Waals surface area contributed by atoms with E-state index in [1.807, 2.05) is 30.3 Å². The van der Waals surface area contributed by atoms with E-state index in [-0.39, 0.29) is 11.8 Å². The summed E-state index contributed by atoms with van der Waals surface area (Å²) in [6.45, 7) is 2.75. The maximum absolute atomic E-state index is 12.2. The van der Waals surface area contributed by atoms with Crippen LogP contribution in [0.3, 0.4) is 0 Å². The number of nitrogens with one attached hydrogen (secondary N) is 1. The van der Waals surface area contributed by atoms with Gasteiger partial charge in [0.05, 0.1) is 5.92 Å². The first kappa shape index (κ1) is 15.0. The lowest BCUT2D eigenvalue weighted by Gasteiger charge is -2.23. The minimum absolute atomic E-state index is 0.0721. The smallest absolute Gasteiger partial charge is 0.224 e. The van der Waals surface area contributed by atoms with Crippen LogP contribution in [0.1, 0.15) is 18.4 Å². The van der Waals surface area contributed by atoms with E-state index in [0.29, 0.717) is 18.9 Å². The first-order valence-corrected chi connectivity index (χ1v) is 7.39. The molecule has 1 unspecified atom stereocenters. The number of amides is 1. The Bertz CT molecular complexity index is 402. The average molecular weight is 276 g/mol. The molecule has 1 aliphatic rings. The van der Waals surface area contributed by atoms with Gasteiger partial charge in [0.15, 0.2) is 0 Å². The van der Waals surface area contributed by atoms with Crippen LogP contribution in [-0.2, 0) is 16.0 Å². The lowest BCUT2D eigenvalue weighted by molar-refractivity contribution is -0.125. The lowest BCUT2D eigenvalue weighted by atomic mass is 9.97. The largest absolute Gasteiger partial charge is 0.381 e. The Balaban J connectivity index is 1.79. The summed E-state index contributed by atoms with van der Waals surface area (Å²) in [7, 11) is 0. The maximum atomic E-state index is 12.2. The van der Waals surface area contributed by atoms with Gasteiger partial charge in [-0.05, 0) is 30.7 Å². The van der Waals surface area contributed by atoms with Gasteiger partial charge >= 0.3 is 0 Å². The molecule has 1 saturated heterocycles. The molecule has 2 rings (SSSR count). The molecule has 1 atom stereocenters. The molecule has 4 nitrogen and oxygen atoms in total. The summed E-state index contributed by atoms with van der Waals surface area (Å²) >= 11 is 0. The predicted molar refractivity (Wildman–Crippen MR) is 79.2 cm³/mol. The number of hydrogen-bond acceptors (Lipinski definition) is 3. The van der Waals surface area contributed by atoms with E-state index in [9.17, 15) is 4.79 Å². The molecule has 3 N–H and O–H groups in total. The third-order valence-electron chi connectivity index (χ3n) is 3.89. The fraction of sp³-hybridized carbons (Fsp3) is 0.562. The highest BCUT2D eigenvalue weighted by Crippen LogP contribution is 2.14. The molecule has 1 fully saturated rings. The first-order chi connectivity index (χ1) is 9.79.